The molecule has 0 aliphatic carbocycles. The Morgan fingerprint density at radius 2 is 1.58 bits per heavy atom. The molecule has 1 heterocycles. The maximum Gasteiger partial charge on any atom is 0.232 e. The molecule has 0 saturated carbocycles. The highest BCUT2D eigenvalue weighted by Crippen LogP contribution is 2.46. The van der Waals surface area contributed by atoms with Crippen LogP contribution >= 0.6 is 0 Å². The van der Waals surface area contributed by atoms with E-state index in [9.17, 15) is 15.2 Å². The number of nitrogens with zero attached hydrogens (tertiary/aromatic N) is 2. The van der Waals surface area contributed by atoms with Crippen molar-refractivity contribution in [2.75, 3.05) is 28.4 Å². The number of hydrogen-bond acceptors (Lipinski definition) is 8. The minimum Gasteiger partial charge on any atom is -0.504 e. The van der Waals surface area contributed by atoms with Crippen LogP contribution in [0, 0.1) is 11.3 Å². The van der Waals surface area contributed by atoms with Gasteiger partial charge in [0.2, 0.25) is 17.1 Å². The van der Waals surface area contributed by atoms with Gasteiger partial charge in [-0.05, 0) is 30.3 Å². The molecule has 0 aliphatic rings. The van der Waals surface area contributed by atoms with Crippen molar-refractivity contribution >= 4 is 0 Å². The molecule has 0 fully saturated rings. The van der Waals surface area contributed by atoms with Crippen LogP contribution in [0.25, 0.3) is 22.4 Å². The Morgan fingerprint density at radius 1 is 0.871 bits per heavy atom. The standard InChI is InChI=1S/C23H20N2O6/c1-28-19-10-9-13(21(29-2)22(19)30-3)15-11-17(25-23(31-4)16(15)12-24)14-7-5-6-8-18(26)20(14)27/h5-11H,1-4H3,(H,26,27). The Labute approximate surface area is 178 Å². The quantitative estimate of drug-likeness (QED) is 0.646. The predicted octanol–water partition coefficient (Wildman–Crippen LogP) is 3.39. The number of rotatable bonds is 6. The second kappa shape index (κ2) is 9.05. The third-order valence-electron chi connectivity index (χ3n) is 4.67. The third kappa shape index (κ3) is 3.81. The SMILES string of the molecule is COc1ccc(-c2cc(-c3ccccc(=O)c3O)nc(OC)c2C#N)c(OC)c1OC. The van der Waals surface area contributed by atoms with Crippen LogP contribution in [0.15, 0.2) is 47.3 Å². The van der Waals surface area contributed by atoms with Crippen LogP contribution in [0.2, 0.25) is 0 Å². The molecular formula is C23H20N2O6. The van der Waals surface area contributed by atoms with Gasteiger partial charge in [0.1, 0.15) is 11.6 Å². The molecule has 3 aromatic rings. The van der Waals surface area contributed by atoms with E-state index in [1.54, 1.807) is 30.3 Å². The summed E-state index contributed by atoms with van der Waals surface area (Å²) in [7, 11) is 5.83. The zero-order valence-electron chi connectivity index (χ0n) is 17.4. The molecule has 0 bridgehead atoms. The Bertz CT molecular complexity index is 1230. The lowest BCUT2D eigenvalue weighted by Gasteiger charge is -2.18. The number of benzene rings is 1. The maximum atomic E-state index is 12.1. The van der Waals surface area contributed by atoms with E-state index < -0.39 is 11.2 Å². The van der Waals surface area contributed by atoms with Gasteiger partial charge >= 0.3 is 0 Å². The monoisotopic (exact) mass is 420 g/mol. The van der Waals surface area contributed by atoms with Crippen LogP contribution < -0.4 is 24.4 Å². The summed E-state index contributed by atoms with van der Waals surface area (Å²) in [5.41, 5.74) is 0.961. The third-order valence-corrected chi connectivity index (χ3v) is 4.67. The van der Waals surface area contributed by atoms with Gasteiger partial charge in [-0.1, -0.05) is 12.1 Å². The fraction of sp³-hybridized carbons (Fsp3) is 0.174. The Balaban J connectivity index is 2.42. The lowest BCUT2D eigenvalue weighted by atomic mass is 9.97. The van der Waals surface area contributed by atoms with Gasteiger partial charge in [-0.25, -0.2) is 4.98 Å². The minimum atomic E-state index is -0.560. The number of ether oxygens (including phenoxy) is 4. The second-order valence-electron chi connectivity index (χ2n) is 6.28. The van der Waals surface area contributed by atoms with Crippen LogP contribution in [0.4, 0.5) is 0 Å². The molecule has 0 atom stereocenters. The summed E-state index contributed by atoms with van der Waals surface area (Å²) in [5, 5.41) is 20.2. The van der Waals surface area contributed by atoms with Gasteiger partial charge in [0.05, 0.1) is 34.1 Å². The van der Waals surface area contributed by atoms with E-state index in [0.29, 0.717) is 28.4 Å². The molecule has 0 spiro atoms. The molecular weight excluding hydrogens is 400 g/mol. The van der Waals surface area contributed by atoms with Gasteiger partial charge in [0.15, 0.2) is 17.2 Å². The molecule has 0 amide bonds. The number of aromatic nitrogens is 1. The first kappa shape index (κ1) is 21.5. The molecule has 2 aromatic carbocycles. The fourth-order valence-corrected chi connectivity index (χ4v) is 3.23. The van der Waals surface area contributed by atoms with Crippen LogP contribution in [0.3, 0.4) is 0 Å². The van der Waals surface area contributed by atoms with Gasteiger partial charge in [-0.2, -0.15) is 5.26 Å². The molecule has 0 radical (unpaired) electrons. The second-order valence-corrected chi connectivity index (χ2v) is 6.28. The van der Waals surface area contributed by atoms with Crippen molar-refractivity contribution in [3.05, 3.63) is 58.3 Å². The van der Waals surface area contributed by atoms with Crippen molar-refractivity contribution in [3.8, 4) is 57.3 Å². The number of hydrogen-bond donors (Lipinski definition) is 1. The van der Waals surface area contributed by atoms with E-state index in [2.05, 4.69) is 11.1 Å². The molecule has 158 valence electrons. The first-order chi connectivity index (χ1) is 15.0. The zero-order chi connectivity index (χ0) is 22.5. The number of pyridine rings is 1. The van der Waals surface area contributed by atoms with E-state index in [0.717, 1.165) is 0 Å². The summed E-state index contributed by atoms with van der Waals surface area (Å²) in [6.45, 7) is 0. The van der Waals surface area contributed by atoms with Gasteiger partial charge in [0.25, 0.3) is 0 Å². The van der Waals surface area contributed by atoms with Crippen molar-refractivity contribution in [2.24, 2.45) is 0 Å². The van der Waals surface area contributed by atoms with Gasteiger partial charge < -0.3 is 24.1 Å². The Hall–Kier alpha value is -4.25. The Kier molecular flexibility index (Phi) is 6.26. The number of methoxy groups -OCH3 is 4. The molecule has 1 N–H and O–H groups in total. The molecule has 1 aromatic heterocycles. The van der Waals surface area contributed by atoms with Crippen molar-refractivity contribution in [2.45, 2.75) is 0 Å². The van der Waals surface area contributed by atoms with E-state index in [1.165, 1.54) is 40.6 Å². The van der Waals surface area contributed by atoms with Gasteiger partial charge in [-0.3, -0.25) is 4.79 Å². The molecule has 8 heteroatoms. The zero-order valence-corrected chi connectivity index (χ0v) is 17.4. The lowest BCUT2D eigenvalue weighted by Crippen LogP contribution is -2.02. The van der Waals surface area contributed by atoms with Crippen molar-refractivity contribution in [1.82, 2.24) is 4.98 Å². The highest BCUT2D eigenvalue weighted by Gasteiger charge is 2.23. The van der Waals surface area contributed by atoms with Crippen molar-refractivity contribution in [3.63, 3.8) is 0 Å². The van der Waals surface area contributed by atoms with Crippen LogP contribution in [-0.4, -0.2) is 38.5 Å². The minimum absolute atomic E-state index is 0.0326. The first-order valence-electron chi connectivity index (χ1n) is 9.11. The van der Waals surface area contributed by atoms with Gasteiger partial charge in [0, 0.05) is 16.7 Å². The topological polar surface area (TPSA) is 111 Å². The summed E-state index contributed by atoms with van der Waals surface area (Å²) in [6, 6.07) is 13.0. The van der Waals surface area contributed by atoms with E-state index in [1.807, 2.05) is 0 Å². The smallest absolute Gasteiger partial charge is 0.232 e. The maximum absolute atomic E-state index is 12.1. The van der Waals surface area contributed by atoms with Crippen LogP contribution in [0.5, 0.6) is 28.9 Å². The average Bonchev–Trinajstić information content (AvgIpc) is 2.97. The molecule has 31 heavy (non-hydrogen) atoms. The van der Waals surface area contributed by atoms with E-state index >= 15 is 0 Å². The summed E-state index contributed by atoms with van der Waals surface area (Å²) in [5.74, 6) is 0.704. The van der Waals surface area contributed by atoms with E-state index in [4.69, 9.17) is 18.9 Å². The highest BCUT2D eigenvalue weighted by molar-refractivity contribution is 5.84. The Morgan fingerprint density at radius 3 is 2.19 bits per heavy atom. The van der Waals surface area contributed by atoms with Crippen molar-refractivity contribution in [1.29, 1.82) is 5.26 Å². The van der Waals surface area contributed by atoms with Gasteiger partial charge in [-0.15, -0.1) is 0 Å². The first-order valence-corrected chi connectivity index (χ1v) is 9.11. The van der Waals surface area contributed by atoms with Crippen LogP contribution in [0.1, 0.15) is 5.56 Å². The summed E-state index contributed by atoms with van der Waals surface area (Å²) < 4.78 is 21.7. The number of nitriles is 1. The summed E-state index contributed by atoms with van der Waals surface area (Å²) in [4.78, 5) is 16.4. The predicted molar refractivity (Wildman–Crippen MR) is 114 cm³/mol. The number of aromatic hydroxyl groups is 1. The molecule has 0 unspecified atom stereocenters. The molecule has 3 rings (SSSR count). The molecule has 0 saturated heterocycles. The molecule has 0 aliphatic heterocycles. The summed E-state index contributed by atoms with van der Waals surface area (Å²) in [6.07, 6.45) is 0. The highest BCUT2D eigenvalue weighted by atomic mass is 16.5. The van der Waals surface area contributed by atoms with E-state index in [-0.39, 0.29) is 22.7 Å². The largest absolute Gasteiger partial charge is 0.504 e. The van der Waals surface area contributed by atoms with Crippen LogP contribution in [-0.2, 0) is 0 Å². The molecule has 8 nitrogen and oxygen atoms in total. The normalized spacial score (nSPS) is 10.2. The average molecular weight is 420 g/mol. The van der Waals surface area contributed by atoms with Crippen molar-refractivity contribution < 1.29 is 24.1 Å². The summed E-state index contributed by atoms with van der Waals surface area (Å²) >= 11 is 0. The fourth-order valence-electron chi connectivity index (χ4n) is 3.23. The lowest BCUT2D eigenvalue weighted by molar-refractivity contribution is 0.325.